The van der Waals surface area contributed by atoms with Gasteiger partial charge >= 0.3 is 0 Å². The van der Waals surface area contributed by atoms with Gasteiger partial charge < -0.3 is 15.3 Å². The predicted molar refractivity (Wildman–Crippen MR) is 113 cm³/mol. The molecular weight excluding hydrogens is 364 g/mol. The van der Waals surface area contributed by atoms with Crippen molar-refractivity contribution in [1.82, 2.24) is 9.78 Å². The normalized spacial score (nSPS) is 10.9. The zero-order chi connectivity index (χ0) is 20.4. The fourth-order valence-corrected chi connectivity index (χ4v) is 3.57. The summed E-state index contributed by atoms with van der Waals surface area (Å²) in [6.07, 6.45) is 1.72. The summed E-state index contributed by atoms with van der Waals surface area (Å²) >= 11 is 0. The number of phenolic OH excluding ortho intramolecular Hbond substituents is 3. The summed E-state index contributed by atoms with van der Waals surface area (Å²) in [5, 5.41) is 36.1. The van der Waals surface area contributed by atoms with Gasteiger partial charge in [0.1, 0.15) is 22.9 Å². The second-order valence-corrected chi connectivity index (χ2v) is 6.89. The molecule has 3 aromatic carbocycles. The quantitative estimate of drug-likeness (QED) is 0.436. The van der Waals surface area contributed by atoms with Gasteiger partial charge in [-0.3, -0.25) is 0 Å². The van der Waals surface area contributed by atoms with E-state index >= 15 is 0 Å². The number of para-hydroxylation sites is 3. The van der Waals surface area contributed by atoms with Gasteiger partial charge in [-0.1, -0.05) is 49.7 Å². The van der Waals surface area contributed by atoms with Crippen LogP contribution in [0.25, 0.3) is 28.2 Å². The molecule has 0 amide bonds. The van der Waals surface area contributed by atoms with E-state index in [4.69, 9.17) is 0 Å². The van der Waals surface area contributed by atoms with Gasteiger partial charge in [0.15, 0.2) is 0 Å². The number of nitrogens with zero attached hydrogens (tertiary/aromatic N) is 2. The van der Waals surface area contributed by atoms with Gasteiger partial charge in [-0.05, 0) is 48.4 Å². The molecule has 146 valence electrons. The summed E-state index contributed by atoms with van der Waals surface area (Å²) in [6.45, 7) is 2.08. The number of benzene rings is 3. The molecule has 0 radical (unpaired) electrons. The molecule has 0 aliphatic rings. The summed E-state index contributed by atoms with van der Waals surface area (Å²) in [7, 11) is 0. The number of aryl methyl sites for hydroxylation is 1. The van der Waals surface area contributed by atoms with Crippen LogP contribution in [0.3, 0.4) is 0 Å². The van der Waals surface area contributed by atoms with Gasteiger partial charge in [-0.2, -0.15) is 5.10 Å². The summed E-state index contributed by atoms with van der Waals surface area (Å²) in [5.74, 6) is 0.344. The third kappa shape index (κ3) is 3.43. The van der Waals surface area contributed by atoms with E-state index in [0.29, 0.717) is 28.2 Å². The molecule has 0 atom stereocenters. The zero-order valence-electron chi connectivity index (χ0n) is 16.1. The van der Waals surface area contributed by atoms with E-state index in [2.05, 4.69) is 12.0 Å². The minimum Gasteiger partial charge on any atom is -0.507 e. The SMILES string of the molecule is CCCc1cccc(O)c1-c1cc(-c2ccccc2O)nn1-c1ccccc1O. The van der Waals surface area contributed by atoms with Crippen molar-refractivity contribution in [3.8, 4) is 45.5 Å². The van der Waals surface area contributed by atoms with Crippen molar-refractivity contribution in [2.24, 2.45) is 0 Å². The third-order valence-corrected chi connectivity index (χ3v) is 4.90. The Morgan fingerprint density at radius 1 is 0.793 bits per heavy atom. The van der Waals surface area contributed by atoms with E-state index in [1.165, 1.54) is 0 Å². The lowest BCUT2D eigenvalue weighted by Gasteiger charge is -2.14. The largest absolute Gasteiger partial charge is 0.507 e. The first-order valence-corrected chi connectivity index (χ1v) is 9.58. The molecule has 0 unspecified atom stereocenters. The van der Waals surface area contributed by atoms with Crippen LogP contribution in [0.1, 0.15) is 18.9 Å². The smallest absolute Gasteiger partial charge is 0.141 e. The maximum Gasteiger partial charge on any atom is 0.141 e. The molecule has 5 nitrogen and oxygen atoms in total. The molecule has 4 rings (SSSR count). The number of aromatic hydroxyl groups is 3. The lowest BCUT2D eigenvalue weighted by Crippen LogP contribution is -2.01. The van der Waals surface area contributed by atoms with Crippen LogP contribution in [0.5, 0.6) is 17.2 Å². The second-order valence-electron chi connectivity index (χ2n) is 6.89. The number of phenols is 3. The molecule has 0 saturated carbocycles. The molecule has 0 aliphatic carbocycles. The van der Waals surface area contributed by atoms with E-state index < -0.39 is 0 Å². The molecule has 4 aromatic rings. The van der Waals surface area contributed by atoms with Crippen LogP contribution in [-0.2, 0) is 6.42 Å². The lowest BCUT2D eigenvalue weighted by atomic mass is 9.98. The lowest BCUT2D eigenvalue weighted by molar-refractivity contribution is 0.469. The van der Waals surface area contributed by atoms with Crippen LogP contribution in [0, 0.1) is 0 Å². The van der Waals surface area contributed by atoms with Crippen LogP contribution in [0.15, 0.2) is 72.8 Å². The maximum absolute atomic E-state index is 10.7. The molecule has 5 heteroatoms. The molecule has 1 aromatic heterocycles. The van der Waals surface area contributed by atoms with Crippen LogP contribution >= 0.6 is 0 Å². The van der Waals surface area contributed by atoms with Crippen molar-refractivity contribution < 1.29 is 15.3 Å². The highest BCUT2D eigenvalue weighted by molar-refractivity contribution is 5.78. The zero-order valence-corrected chi connectivity index (χ0v) is 16.1. The number of hydrogen-bond donors (Lipinski definition) is 3. The Labute approximate surface area is 169 Å². The molecule has 0 spiro atoms. The number of rotatable bonds is 5. The standard InChI is InChI=1S/C24H22N2O3/c1-2-8-16-9-7-14-23(29)24(16)20-15-18(17-10-3-5-12-21(17)27)25-26(20)19-11-4-6-13-22(19)28/h3-7,9-15,27-29H,2,8H2,1H3. The average molecular weight is 386 g/mol. The van der Waals surface area contributed by atoms with Gasteiger partial charge in [0.25, 0.3) is 0 Å². The Morgan fingerprint density at radius 2 is 1.48 bits per heavy atom. The summed E-state index contributed by atoms with van der Waals surface area (Å²) in [5.41, 5.74) is 3.93. The molecule has 0 aliphatic heterocycles. The molecule has 29 heavy (non-hydrogen) atoms. The van der Waals surface area contributed by atoms with Gasteiger partial charge in [0.2, 0.25) is 0 Å². The fraction of sp³-hybridized carbons (Fsp3) is 0.125. The van der Waals surface area contributed by atoms with Crippen molar-refractivity contribution in [3.05, 3.63) is 78.4 Å². The van der Waals surface area contributed by atoms with Gasteiger partial charge in [0.05, 0.1) is 11.4 Å². The first-order valence-electron chi connectivity index (χ1n) is 9.58. The van der Waals surface area contributed by atoms with Crippen LogP contribution in [-0.4, -0.2) is 25.1 Å². The molecule has 0 saturated heterocycles. The summed E-state index contributed by atoms with van der Waals surface area (Å²) in [4.78, 5) is 0. The van der Waals surface area contributed by atoms with E-state index in [1.54, 1.807) is 47.1 Å². The predicted octanol–water partition coefficient (Wildman–Crippen LogP) is 5.28. The maximum atomic E-state index is 10.7. The highest BCUT2D eigenvalue weighted by Crippen LogP contribution is 2.39. The highest BCUT2D eigenvalue weighted by Gasteiger charge is 2.21. The summed E-state index contributed by atoms with van der Waals surface area (Å²) < 4.78 is 1.62. The van der Waals surface area contributed by atoms with E-state index in [9.17, 15) is 15.3 Å². The second kappa shape index (κ2) is 7.72. The Balaban J connectivity index is 2.02. The topological polar surface area (TPSA) is 78.5 Å². The minimum atomic E-state index is 0.0770. The van der Waals surface area contributed by atoms with Gasteiger partial charge in [0, 0.05) is 11.1 Å². The Bertz CT molecular complexity index is 1160. The van der Waals surface area contributed by atoms with Crippen LogP contribution in [0.2, 0.25) is 0 Å². The third-order valence-electron chi connectivity index (χ3n) is 4.90. The Morgan fingerprint density at radius 3 is 2.21 bits per heavy atom. The monoisotopic (exact) mass is 386 g/mol. The van der Waals surface area contributed by atoms with Crippen LogP contribution in [0.4, 0.5) is 0 Å². The minimum absolute atomic E-state index is 0.0770. The highest BCUT2D eigenvalue weighted by atomic mass is 16.3. The Kier molecular flexibility index (Phi) is 4.96. The van der Waals surface area contributed by atoms with Crippen molar-refractivity contribution in [1.29, 1.82) is 0 Å². The Hall–Kier alpha value is -3.73. The van der Waals surface area contributed by atoms with Crippen LogP contribution < -0.4 is 0 Å². The van der Waals surface area contributed by atoms with E-state index in [1.807, 2.05) is 30.3 Å². The van der Waals surface area contributed by atoms with Crippen molar-refractivity contribution in [2.45, 2.75) is 19.8 Å². The number of hydrogen-bond acceptors (Lipinski definition) is 4. The first-order chi connectivity index (χ1) is 14.1. The van der Waals surface area contributed by atoms with E-state index in [0.717, 1.165) is 18.4 Å². The molecule has 0 fully saturated rings. The fourth-order valence-electron chi connectivity index (χ4n) is 3.57. The molecule has 3 N–H and O–H groups in total. The molecule has 0 bridgehead atoms. The summed E-state index contributed by atoms with van der Waals surface area (Å²) in [6, 6.07) is 21.2. The van der Waals surface area contributed by atoms with Gasteiger partial charge in [-0.25, -0.2) is 4.68 Å². The molecular formula is C24H22N2O3. The molecule has 1 heterocycles. The van der Waals surface area contributed by atoms with E-state index in [-0.39, 0.29) is 17.2 Å². The van der Waals surface area contributed by atoms with Crippen molar-refractivity contribution >= 4 is 0 Å². The number of aromatic nitrogens is 2. The van der Waals surface area contributed by atoms with Gasteiger partial charge in [-0.15, -0.1) is 0 Å². The average Bonchev–Trinajstić information content (AvgIpc) is 3.13. The first kappa shape index (κ1) is 18.6. The van der Waals surface area contributed by atoms with Crippen molar-refractivity contribution in [3.63, 3.8) is 0 Å². The van der Waals surface area contributed by atoms with Crippen molar-refractivity contribution in [2.75, 3.05) is 0 Å².